The van der Waals surface area contributed by atoms with Crippen molar-refractivity contribution in [1.82, 2.24) is 4.90 Å². The van der Waals surface area contributed by atoms with E-state index in [0.717, 1.165) is 18.6 Å². The first-order chi connectivity index (χ1) is 11.7. The van der Waals surface area contributed by atoms with E-state index in [2.05, 4.69) is 0 Å². The summed E-state index contributed by atoms with van der Waals surface area (Å²) in [6, 6.07) is 11.3. The predicted molar refractivity (Wildman–Crippen MR) is 89.9 cm³/mol. The van der Waals surface area contributed by atoms with E-state index in [4.69, 9.17) is 9.15 Å². The molecule has 1 saturated heterocycles. The fourth-order valence-electron chi connectivity index (χ4n) is 3.26. The number of aliphatic hydroxyl groups excluding tert-OH is 1. The molecule has 0 spiro atoms. The van der Waals surface area contributed by atoms with Gasteiger partial charge in [0.1, 0.15) is 12.0 Å². The molecule has 2 aromatic rings. The first-order valence-electron chi connectivity index (χ1n) is 8.33. The van der Waals surface area contributed by atoms with Gasteiger partial charge in [-0.15, -0.1) is 0 Å². The van der Waals surface area contributed by atoms with Crippen LogP contribution >= 0.6 is 0 Å². The van der Waals surface area contributed by atoms with E-state index in [0.29, 0.717) is 31.7 Å². The number of amides is 1. The molecule has 2 heterocycles. The summed E-state index contributed by atoms with van der Waals surface area (Å²) in [5.41, 5.74) is 0.260. The van der Waals surface area contributed by atoms with Gasteiger partial charge in [-0.25, -0.2) is 0 Å². The zero-order valence-corrected chi connectivity index (χ0v) is 13.7. The molecule has 1 atom stereocenters. The molecule has 0 radical (unpaired) electrons. The topological polar surface area (TPSA) is 62.9 Å². The molecule has 1 unspecified atom stereocenters. The molecular weight excluding hydrogens is 306 g/mol. The van der Waals surface area contributed by atoms with Gasteiger partial charge in [0.15, 0.2) is 0 Å². The lowest BCUT2D eigenvalue weighted by Gasteiger charge is -2.41. The molecule has 1 aliphatic rings. The molecule has 1 fully saturated rings. The minimum absolute atomic E-state index is 0.0368. The van der Waals surface area contributed by atoms with Crippen molar-refractivity contribution in [3.8, 4) is 5.75 Å². The van der Waals surface area contributed by atoms with Crippen molar-refractivity contribution in [1.29, 1.82) is 0 Å². The molecule has 0 bridgehead atoms. The summed E-state index contributed by atoms with van der Waals surface area (Å²) in [4.78, 5) is 14.3. The van der Waals surface area contributed by atoms with E-state index < -0.39 is 0 Å². The Morgan fingerprint density at radius 3 is 2.83 bits per heavy atom. The fourth-order valence-corrected chi connectivity index (χ4v) is 3.26. The van der Waals surface area contributed by atoms with Crippen LogP contribution in [0.1, 0.15) is 29.6 Å². The van der Waals surface area contributed by atoms with Crippen LogP contribution in [-0.4, -0.2) is 42.2 Å². The van der Waals surface area contributed by atoms with Crippen LogP contribution < -0.4 is 4.74 Å². The third-order valence-electron chi connectivity index (χ3n) is 4.70. The van der Waals surface area contributed by atoms with Gasteiger partial charge in [0.05, 0.1) is 25.0 Å². The smallest absolute Gasteiger partial charge is 0.257 e. The Labute approximate surface area is 141 Å². The lowest BCUT2D eigenvalue weighted by atomic mass is 9.78. The lowest BCUT2D eigenvalue weighted by Crippen LogP contribution is -2.48. The number of furan rings is 1. The monoisotopic (exact) mass is 329 g/mol. The molecule has 1 amide bonds. The predicted octanol–water partition coefficient (Wildman–Crippen LogP) is 2.96. The van der Waals surface area contributed by atoms with Gasteiger partial charge >= 0.3 is 0 Å². The number of benzene rings is 1. The van der Waals surface area contributed by atoms with Gasteiger partial charge in [-0.1, -0.05) is 18.2 Å². The number of aliphatic hydroxyl groups is 1. The van der Waals surface area contributed by atoms with Crippen molar-refractivity contribution in [2.75, 3.05) is 26.3 Å². The van der Waals surface area contributed by atoms with Crippen molar-refractivity contribution in [3.63, 3.8) is 0 Å². The highest BCUT2D eigenvalue weighted by atomic mass is 16.5. The van der Waals surface area contributed by atoms with E-state index in [1.54, 1.807) is 6.07 Å². The van der Waals surface area contributed by atoms with E-state index >= 15 is 0 Å². The SMILES string of the molecule is O=C(c1ccoc1)N1CCCC(CO)(CCOc2ccccc2)C1. The maximum Gasteiger partial charge on any atom is 0.257 e. The summed E-state index contributed by atoms with van der Waals surface area (Å²) in [5.74, 6) is 0.790. The number of rotatable bonds is 6. The number of hydrogen-bond donors (Lipinski definition) is 1. The Hall–Kier alpha value is -2.27. The third-order valence-corrected chi connectivity index (χ3v) is 4.70. The number of hydrogen-bond acceptors (Lipinski definition) is 4. The number of carbonyl (C=O) groups excluding carboxylic acids is 1. The van der Waals surface area contributed by atoms with Crippen molar-refractivity contribution in [3.05, 3.63) is 54.5 Å². The van der Waals surface area contributed by atoms with Gasteiger partial charge in [0, 0.05) is 18.5 Å². The summed E-state index contributed by atoms with van der Waals surface area (Å²) in [6.07, 6.45) is 5.47. The second kappa shape index (κ2) is 7.53. The molecule has 0 aliphatic carbocycles. The molecule has 128 valence electrons. The number of carbonyl (C=O) groups is 1. The van der Waals surface area contributed by atoms with Gasteiger partial charge in [-0.3, -0.25) is 4.79 Å². The number of piperidine rings is 1. The van der Waals surface area contributed by atoms with Crippen molar-refractivity contribution in [2.45, 2.75) is 19.3 Å². The van der Waals surface area contributed by atoms with Crippen LogP contribution in [0.15, 0.2) is 53.3 Å². The van der Waals surface area contributed by atoms with Crippen LogP contribution in [0.2, 0.25) is 0 Å². The standard InChI is InChI=1S/C19H23NO4/c21-15-19(9-12-24-17-5-2-1-3-6-17)8-4-10-20(14-19)18(22)16-7-11-23-13-16/h1-3,5-7,11,13,21H,4,8-10,12,14-15H2. The molecule has 1 aromatic heterocycles. The second-order valence-corrected chi connectivity index (χ2v) is 6.41. The first kappa shape index (κ1) is 16.6. The largest absolute Gasteiger partial charge is 0.494 e. The van der Waals surface area contributed by atoms with Crippen molar-refractivity contribution in [2.24, 2.45) is 5.41 Å². The van der Waals surface area contributed by atoms with Crippen LogP contribution in [0.25, 0.3) is 0 Å². The number of ether oxygens (including phenoxy) is 1. The number of nitrogens with zero attached hydrogens (tertiary/aromatic N) is 1. The van der Waals surface area contributed by atoms with Crippen LogP contribution in [-0.2, 0) is 0 Å². The summed E-state index contributed by atoms with van der Waals surface area (Å²) in [5, 5.41) is 9.96. The average Bonchev–Trinajstić information content (AvgIpc) is 3.17. The molecule has 5 heteroatoms. The second-order valence-electron chi connectivity index (χ2n) is 6.41. The molecule has 0 saturated carbocycles. The van der Waals surface area contributed by atoms with Gasteiger partial charge in [-0.2, -0.15) is 0 Å². The molecule has 24 heavy (non-hydrogen) atoms. The van der Waals surface area contributed by atoms with Crippen LogP contribution in [0.5, 0.6) is 5.75 Å². The van der Waals surface area contributed by atoms with E-state index in [1.807, 2.05) is 35.2 Å². The third kappa shape index (κ3) is 3.79. The zero-order chi connectivity index (χ0) is 16.8. The lowest BCUT2D eigenvalue weighted by molar-refractivity contribution is 0.0156. The molecule has 1 aromatic carbocycles. The summed E-state index contributed by atoms with van der Waals surface area (Å²) in [6.45, 7) is 1.84. The summed E-state index contributed by atoms with van der Waals surface area (Å²) < 4.78 is 10.8. The normalized spacial score (nSPS) is 20.8. The highest BCUT2D eigenvalue weighted by molar-refractivity contribution is 5.93. The summed E-state index contributed by atoms with van der Waals surface area (Å²) in [7, 11) is 0. The number of likely N-dealkylation sites (tertiary alicyclic amines) is 1. The first-order valence-corrected chi connectivity index (χ1v) is 8.33. The van der Waals surface area contributed by atoms with Gasteiger partial charge in [0.25, 0.3) is 5.91 Å². The van der Waals surface area contributed by atoms with E-state index in [1.165, 1.54) is 12.5 Å². The minimum atomic E-state index is -0.299. The fraction of sp³-hybridized carbons (Fsp3) is 0.421. The molecule has 1 aliphatic heterocycles. The van der Waals surface area contributed by atoms with Gasteiger partial charge < -0.3 is 19.2 Å². The van der Waals surface area contributed by atoms with E-state index in [-0.39, 0.29) is 17.9 Å². The van der Waals surface area contributed by atoms with Crippen molar-refractivity contribution < 1.29 is 19.1 Å². The minimum Gasteiger partial charge on any atom is -0.494 e. The quantitative estimate of drug-likeness (QED) is 0.885. The maximum atomic E-state index is 12.5. The Kier molecular flexibility index (Phi) is 5.20. The highest BCUT2D eigenvalue weighted by Gasteiger charge is 2.37. The Morgan fingerprint density at radius 1 is 1.29 bits per heavy atom. The Morgan fingerprint density at radius 2 is 2.12 bits per heavy atom. The Bertz CT molecular complexity index is 641. The molecule has 3 rings (SSSR count). The summed E-state index contributed by atoms with van der Waals surface area (Å²) >= 11 is 0. The average molecular weight is 329 g/mol. The van der Waals surface area contributed by atoms with Crippen molar-refractivity contribution >= 4 is 5.91 Å². The van der Waals surface area contributed by atoms with Gasteiger partial charge in [-0.05, 0) is 37.5 Å². The Balaban J connectivity index is 1.60. The molecular formula is C19H23NO4. The zero-order valence-electron chi connectivity index (χ0n) is 13.7. The highest BCUT2D eigenvalue weighted by Crippen LogP contribution is 2.34. The van der Waals surface area contributed by atoms with E-state index in [9.17, 15) is 9.90 Å². The molecule has 5 nitrogen and oxygen atoms in total. The maximum absolute atomic E-state index is 12.5. The van der Waals surface area contributed by atoms with Gasteiger partial charge in [0.2, 0.25) is 0 Å². The number of para-hydroxylation sites is 1. The van der Waals surface area contributed by atoms with Crippen LogP contribution in [0, 0.1) is 5.41 Å². The molecule has 1 N–H and O–H groups in total. The van der Waals surface area contributed by atoms with Crippen LogP contribution in [0.3, 0.4) is 0 Å². The van der Waals surface area contributed by atoms with Crippen LogP contribution in [0.4, 0.5) is 0 Å².